The minimum Gasteiger partial charge on any atom is -0.309 e. The van der Waals surface area contributed by atoms with Gasteiger partial charge in [0.1, 0.15) is 0 Å². The summed E-state index contributed by atoms with van der Waals surface area (Å²) in [4.78, 5) is 4.61. The molecule has 0 saturated heterocycles. The lowest BCUT2D eigenvalue weighted by molar-refractivity contribution is 0.507. The number of aryl methyl sites for hydroxylation is 2. The van der Waals surface area contributed by atoms with Crippen LogP contribution < -0.4 is 5.32 Å². The van der Waals surface area contributed by atoms with Crippen LogP contribution >= 0.6 is 0 Å². The van der Waals surface area contributed by atoms with Crippen LogP contribution in [-0.2, 0) is 0 Å². The number of hydrogen-bond donors (Lipinski definition) is 1. The Morgan fingerprint density at radius 1 is 1.25 bits per heavy atom. The van der Waals surface area contributed by atoms with Crippen LogP contribution in [0.15, 0.2) is 24.4 Å². The Bertz CT molecular complexity index is 542. The normalized spacial score (nSPS) is 12.6. The zero-order chi connectivity index (χ0) is 14.5. The Morgan fingerprint density at radius 2 is 2.05 bits per heavy atom. The monoisotopic (exact) mass is 272 g/mol. The van der Waals surface area contributed by atoms with Crippen molar-refractivity contribution >= 4 is 0 Å². The van der Waals surface area contributed by atoms with Crippen LogP contribution in [0.5, 0.6) is 0 Å². The fraction of sp³-hybridized carbons (Fsp3) is 0.500. The van der Waals surface area contributed by atoms with Gasteiger partial charge in [-0.2, -0.15) is 5.10 Å². The third-order valence-corrected chi connectivity index (χ3v) is 3.43. The smallest absolute Gasteiger partial charge is 0.0832 e. The van der Waals surface area contributed by atoms with Crippen LogP contribution in [0, 0.1) is 13.8 Å². The molecule has 2 heterocycles. The lowest BCUT2D eigenvalue weighted by atomic mass is 10.1. The van der Waals surface area contributed by atoms with Crippen molar-refractivity contribution in [3.63, 3.8) is 0 Å². The summed E-state index contributed by atoms with van der Waals surface area (Å²) in [5, 5.41) is 8.01. The van der Waals surface area contributed by atoms with Crippen molar-refractivity contribution in [2.45, 2.75) is 46.6 Å². The Balaban J connectivity index is 2.19. The first-order valence-electron chi connectivity index (χ1n) is 7.38. The zero-order valence-corrected chi connectivity index (χ0v) is 12.8. The van der Waals surface area contributed by atoms with Crippen LogP contribution in [0.25, 0.3) is 5.69 Å². The summed E-state index contributed by atoms with van der Waals surface area (Å²) in [7, 11) is 0. The quantitative estimate of drug-likeness (QED) is 0.877. The van der Waals surface area contributed by atoms with Gasteiger partial charge in [0.15, 0.2) is 0 Å². The van der Waals surface area contributed by atoms with Gasteiger partial charge in [-0.3, -0.25) is 4.98 Å². The van der Waals surface area contributed by atoms with Crippen LogP contribution in [0.2, 0.25) is 0 Å². The summed E-state index contributed by atoms with van der Waals surface area (Å²) < 4.78 is 1.94. The molecule has 0 radical (unpaired) electrons. The summed E-state index contributed by atoms with van der Waals surface area (Å²) in [6.07, 6.45) is 4.09. The van der Waals surface area contributed by atoms with E-state index in [0.29, 0.717) is 6.04 Å². The molecule has 0 spiro atoms. The largest absolute Gasteiger partial charge is 0.309 e. The standard InChI is InChI=1S/C16H24N4/c1-5-9-17-15(6-2)16-8-7-14(11-18-16)20-13(4)10-12(3)19-20/h7-8,10-11,15,17H,5-6,9H2,1-4H3. The zero-order valence-electron chi connectivity index (χ0n) is 12.8. The molecule has 0 aromatic carbocycles. The van der Waals surface area contributed by atoms with Crippen molar-refractivity contribution in [3.8, 4) is 5.69 Å². The van der Waals surface area contributed by atoms with Gasteiger partial charge in [-0.15, -0.1) is 0 Å². The molecule has 1 atom stereocenters. The van der Waals surface area contributed by atoms with E-state index < -0.39 is 0 Å². The van der Waals surface area contributed by atoms with Crippen molar-refractivity contribution < 1.29 is 0 Å². The van der Waals surface area contributed by atoms with E-state index in [9.17, 15) is 0 Å². The molecule has 0 aliphatic rings. The molecule has 0 amide bonds. The average molecular weight is 272 g/mol. The molecule has 1 unspecified atom stereocenters. The first kappa shape index (κ1) is 14.7. The minimum absolute atomic E-state index is 0.337. The fourth-order valence-electron chi connectivity index (χ4n) is 2.40. The molecule has 0 aliphatic carbocycles. The maximum atomic E-state index is 4.61. The SMILES string of the molecule is CCCNC(CC)c1ccc(-n2nc(C)cc2C)cn1. The molecule has 2 aromatic heterocycles. The highest BCUT2D eigenvalue weighted by Gasteiger charge is 2.10. The summed E-state index contributed by atoms with van der Waals surface area (Å²) in [6.45, 7) is 9.46. The highest BCUT2D eigenvalue weighted by molar-refractivity contribution is 5.32. The van der Waals surface area contributed by atoms with Crippen LogP contribution in [0.4, 0.5) is 0 Å². The summed E-state index contributed by atoms with van der Waals surface area (Å²) in [6, 6.07) is 6.61. The summed E-state index contributed by atoms with van der Waals surface area (Å²) in [5.74, 6) is 0. The molecule has 2 aromatic rings. The van der Waals surface area contributed by atoms with Gasteiger partial charge in [-0.25, -0.2) is 4.68 Å². The maximum Gasteiger partial charge on any atom is 0.0832 e. The fourth-order valence-corrected chi connectivity index (χ4v) is 2.40. The van der Waals surface area contributed by atoms with Crippen molar-refractivity contribution in [2.24, 2.45) is 0 Å². The highest BCUT2D eigenvalue weighted by atomic mass is 15.3. The molecule has 4 nitrogen and oxygen atoms in total. The second-order valence-electron chi connectivity index (χ2n) is 5.20. The number of aromatic nitrogens is 3. The van der Waals surface area contributed by atoms with Gasteiger partial charge in [0.2, 0.25) is 0 Å². The summed E-state index contributed by atoms with van der Waals surface area (Å²) >= 11 is 0. The van der Waals surface area contributed by atoms with Gasteiger partial charge in [-0.1, -0.05) is 13.8 Å². The second kappa shape index (κ2) is 6.66. The number of nitrogens with zero attached hydrogens (tertiary/aromatic N) is 3. The predicted octanol–water partition coefficient (Wildman–Crippen LogP) is 3.33. The Labute approximate surface area is 121 Å². The third kappa shape index (κ3) is 3.25. The molecular formula is C16H24N4. The minimum atomic E-state index is 0.337. The van der Waals surface area contributed by atoms with Gasteiger partial charge >= 0.3 is 0 Å². The molecule has 2 rings (SSSR count). The molecule has 108 valence electrons. The van der Waals surface area contributed by atoms with E-state index in [1.807, 2.05) is 17.8 Å². The van der Waals surface area contributed by atoms with Crippen molar-refractivity contribution in [3.05, 3.63) is 41.5 Å². The topological polar surface area (TPSA) is 42.7 Å². The lowest BCUT2D eigenvalue weighted by Crippen LogP contribution is -2.22. The Kier molecular flexibility index (Phi) is 4.90. The van der Waals surface area contributed by atoms with E-state index in [0.717, 1.165) is 42.2 Å². The van der Waals surface area contributed by atoms with Gasteiger partial charge in [0.25, 0.3) is 0 Å². The first-order valence-corrected chi connectivity index (χ1v) is 7.38. The number of nitrogens with one attached hydrogen (secondary N) is 1. The van der Waals surface area contributed by atoms with Crippen molar-refractivity contribution in [1.29, 1.82) is 0 Å². The maximum absolute atomic E-state index is 4.61. The van der Waals surface area contributed by atoms with E-state index in [1.54, 1.807) is 0 Å². The van der Waals surface area contributed by atoms with Gasteiger partial charge in [-0.05, 0) is 51.4 Å². The molecule has 4 heteroatoms. The van der Waals surface area contributed by atoms with Crippen molar-refractivity contribution in [2.75, 3.05) is 6.54 Å². The van der Waals surface area contributed by atoms with Gasteiger partial charge in [0, 0.05) is 11.7 Å². The molecule has 0 bridgehead atoms. The average Bonchev–Trinajstić information content (AvgIpc) is 2.79. The predicted molar refractivity (Wildman–Crippen MR) is 82.2 cm³/mol. The number of rotatable bonds is 6. The molecule has 1 N–H and O–H groups in total. The molecular weight excluding hydrogens is 248 g/mol. The Hall–Kier alpha value is -1.68. The molecule has 0 saturated carbocycles. The van der Waals surface area contributed by atoms with Gasteiger partial charge < -0.3 is 5.32 Å². The number of hydrogen-bond acceptors (Lipinski definition) is 3. The lowest BCUT2D eigenvalue weighted by Gasteiger charge is -2.16. The Morgan fingerprint density at radius 3 is 2.55 bits per heavy atom. The molecule has 20 heavy (non-hydrogen) atoms. The first-order chi connectivity index (χ1) is 9.65. The second-order valence-corrected chi connectivity index (χ2v) is 5.20. The van der Waals surface area contributed by atoms with Crippen molar-refractivity contribution in [1.82, 2.24) is 20.1 Å². The van der Waals surface area contributed by atoms with Crippen LogP contribution in [-0.4, -0.2) is 21.3 Å². The summed E-state index contributed by atoms with van der Waals surface area (Å²) in [5.41, 5.74) is 4.28. The van der Waals surface area contributed by atoms with Crippen LogP contribution in [0.1, 0.15) is 49.8 Å². The van der Waals surface area contributed by atoms with Crippen LogP contribution in [0.3, 0.4) is 0 Å². The van der Waals surface area contributed by atoms with E-state index in [2.05, 4.69) is 54.4 Å². The van der Waals surface area contributed by atoms with E-state index in [1.165, 1.54) is 0 Å². The third-order valence-electron chi connectivity index (χ3n) is 3.43. The molecule has 0 aliphatic heterocycles. The highest BCUT2D eigenvalue weighted by Crippen LogP contribution is 2.17. The van der Waals surface area contributed by atoms with E-state index in [4.69, 9.17) is 0 Å². The van der Waals surface area contributed by atoms with Gasteiger partial charge in [0.05, 0.1) is 23.3 Å². The molecule has 0 fully saturated rings. The number of pyridine rings is 1. The van der Waals surface area contributed by atoms with E-state index in [-0.39, 0.29) is 0 Å². The van der Waals surface area contributed by atoms with E-state index >= 15 is 0 Å².